The second kappa shape index (κ2) is 5.07. The number of pyridine rings is 1. The number of aromatic amines is 1. The first-order valence-electron chi connectivity index (χ1n) is 6.57. The lowest BCUT2D eigenvalue weighted by molar-refractivity contribution is 0.572. The Morgan fingerprint density at radius 2 is 2.10 bits per heavy atom. The van der Waals surface area contributed by atoms with Crippen LogP contribution in [0.25, 0.3) is 33.2 Å². The predicted octanol–water partition coefficient (Wildman–Crippen LogP) is 4.87. The summed E-state index contributed by atoms with van der Waals surface area (Å²) in [7, 11) is 0. The minimum absolute atomic E-state index is 0.752. The predicted molar refractivity (Wildman–Crippen MR) is 83.9 cm³/mol. The molecule has 0 aliphatic carbocycles. The molecule has 0 bridgehead atoms. The van der Waals surface area contributed by atoms with Gasteiger partial charge in [0, 0.05) is 22.8 Å². The third-order valence-electron chi connectivity index (χ3n) is 3.26. The van der Waals surface area contributed by atoms with Gasteiger partial charge < -0.3 is 9.40 Å². The van der Waals surface area contributed by atoms with Crippen molar-refractivity contribution < 1.29 is 4.42 Å². The summed E-state index contributed by atoms with van der Waals surface area (Å²) in [6.07, 6.45) is 6.69. The van der Waals surface area contributed by atoms with E-state index >= 15 is 0 Å². The molecule has 0 fully saturated rings. The van der Waals surface area contributed by atoms with E-state index in [0.29, 0.717) is 0 Å². The number of thiophene rings is 1. The highest BCUT2D eigenvalue weighted by atomic mass is 32.1. The summed E-state index contributed by atoms with van der Waals surface area (Å²) in [5.41, 5.74) is 3.77. The molecule has 1 N–H and O–H groups in total. The van der Waals surface area contributed by atoms with Crippen molar-refractivity contribution in [1.82, 2.24) is 9.97 Å². The van der Waals surface area contributed by atoms with Crippen LogP contribution in [-0.2, 0) is 0 Å². The average molecular weight is 291 g/mol. The molecule has 1 radical (unpaired) electrons. The summed E-state index contributed by atoms with van der Waals surface area (Å²) in [5.74, 6) is 0.752. The molecule has 0 atom stereocenters. The van der Waals surface area contributed by atoms with Crippen LogP contribution < -0.4 is 0 Å². The van der Waals surface area contributed by atoms with Crippen LogP contribution >= 0.6 is 11.3 Å². The maximum Gasteiger partial charge on any atom is 0.180 e. The van der Waals surface area contributed by atoms with E-state index in [4.69, 9.17) is 4.42 Å². The van der Waals surface area contributed by atoms with Crippen molar-refractivity contribution >= 4 is 11.3 Å². The fourth-order valence-corrected chi connectivity index (χ4v) is 3.10. The molecule has 4 heteroatoms. The average Bonchev–Trinajstić information content (AvgIpc) is 3.27. The molecule has 0 amide bonds. The summed E-state index contributed by atoms with van der Waals surface area (Å²) in [4.78, 5) is 8.75. The smallest absolute Gasteiger partial charge is 0.180 e. The van der Waals surface area contributed by atoms with E-state index in [1.54, 1.807) is 17.5 Å². The van der Waals surface area contributed by atoms with Gasteiger partial charge in [-0.1, -0.05) is 12.1 Å². The SMILES string of the molecule is [c]1oc(-c2ccccn2)c(-c2cccs2)c1-c1ccc[nH]1. The monoisotopic (exact) mass is 291 g/mol. The maximum absolute atomic E-state index is 5.73. The van der Waals surface area contributed by atoms with Gasteiger partial charge in [0.1, 0.15) is 5.69 Å². The van der Waals surface area contributed by atoms with Crippen molar-refractivity contribution in [3.63, 3.8) is 0 Å². The molecule has 0 unspecified atom stereocenters. The van der Waals surface area contributed by atoms with Crippen LogP contribution in [0.5, 0.6) is 0 Å². The maximum atomic E-state index is 5.73. The fraction of sp³-hybridized carbons (Fsp3) is 0. The molecule has 0 saturated heterocycles. The zero-order valence-corrected chi connectivity index (χ0v) is 11.9. The zero-order valence-electron chi connectivity index (χ0n) is 11.0. The number of rotatable bonds is 3. The lowest BCUT2D eigenvalue weighted by Crippen LogP contribution is -1.84. The first kappa shape index (κ1) is 12.2. The first-order chi connectivity index (χ1) is 10.4. The van der Waals surface area contributed by atoms with Crippen LogP contribution in [0.3, 0.4) is 0 Å². The Balaban J connectivity index is 1.97. The van der Waals surface area contributed by atoms with Gasteiger partial charge in [0.15, 0.2) is 12.0 Å². The number of aromatic nitrogens is 2. The molecule has 0 aliphatic rings. The van der Waals surface area contributed by atoms with Gasteiger partial charge >= 0.3 is 0 Å². The van der Waals surface area contributed by atoms with Crippen molar-refractivity contribution in [1.29, 1.82) is 0 Å². The van der Waals surface area contributed by atoms with Gasteiger partial charge in [-0.15, -0.1) is 11.3 Å². The fourth-order valence-electron chi connectivity index (χ4n) is 2.33. The Kier molecular flexibility index (Phi) is 2.94. The highest BCUT2D eigenvalue weighted by molar-refractivity contribution is 7.13. The van der Waals surface area contributed by atoms with Crippen LogP contribution in [0.4, 0.5) is 0 Å². The second-order valence-corrected chi connectivity index (χ2v) is 5.51. The number of hydrogen-bond acceptors (Lipinski definition) is 3. The molecule has 3 nitrogen and oxygen atoms in total. The van der Waals surface area contributed by atoms with Crippen molar-refractivity contribution in [2.24, 2.45) is 0 Å². The van der Waals surface area contributed by atoms with E-state index in [-0.39, 0.29) is 0 Å². The highest BCUT2D eigenvalue weighted by Crippen LogP contribution is 2.41. The van der Waals surface area contributed by atoms with Gasteiger partial charge in [-0.2, -0.15) is 0 Å². The molecule has 4 heterocycles. The minimum atomic E-state index is 0.752. The molecule has 0 spiro atoms. The van der Waals surface area contributed by atoms with Gasteiger partial charge in [-0.3, -0.25) is 4.98 Å². The summed E-state index contributed by atoms with van der Waals surface area (Å²) in [5, 5.41) is 2.06. The zero-order chi connectivity index (χ0) is 14.1. The van der Waals surface area contributed by atoms with Crippen molar-refractivity contribution in [3.8, 4) is 33.2 Å². The third kappa shape index (κ3) is 2.10. The Morgan fingerprint density at radius 1 is 1.10 bits per heavy atom. The molecular weight excluding hydrogens is 280 g/mol. The Morgan fingerprint density at radius 3 is 2.81 bits per heavy atom. The van der Waals surface area contributed by atoms with Gasteiger partial charge in [-0.25, -0.2) is 0 Å². The highest BCUT2D eigenvalue weighted by Gasteiger charge is 2.20. The molecule has 4 aromatic heterocycles. The van der Waals surface area contributed by atoms with Gasteiger partial charge in [-0.05, 0) is 35.7 Å². The summed E-state index contributed by atoms with van der Waals surface area (Å²) in [6.45, 7) is 0. The van der Waals surface area contributed by atoms with Crippen molar-refractivity contribution in [3.05, 3.63) is 66.5 Å². The van der Waals surface area contributed by atoms with E-state index in [1.165, 1.54) is 0 Å². The van der Waals surface area contributed by atoms with Crippen LogP contribution in [-0.4, -0.2) is 9.97 Å². The van der Waals surface area contributed by atoms with E-state index in [2.05, 4.69) is 27.7 Å². The summed E-state index contributed by atoms with van der Waals surface area (Å²) < 4.78 is 5.73. The van der Waals surface area contributed by atoms with E-state index in [1.807, 2.05) is 42.6 Å². The van der Waals surface area contributed by atoms with Gasteiger partial charge in [0.2, 0.25) is 0 Å². The topological polar surface area (TPSA) is 41.8 Å². The number of H-pyrrole nitrogens is 1. The van der Waals surface area contributed by atoms with E-state index in [9.17, 15) is 0 Å². The number of furan rings is 1. The van der Waals surface area contributed by atoms with Crippen molar-refractivity contribution in [2.75, 3.05) is 0 Å². The minimum Gasteiger partial charge on any atom is -0.450 e. The summed E-state index contributed by atoms with van der Waals surface area (Å²) in [6, 6.07) is 13.9. The summed E-state index contributed by atoms with van der Waals surface area (Å²) >= 11 is 1.68. The Labute approximate surface area is 125 Å². The largest absolute Gasteiger partial charge is 0.450 e. The van der Waals surface area contributed by atoms with Crippen LogP contribution in [0.15, 0.2) is 64.7 Å². The molecule has 101 valence electrons. The van der Waals surface area contributed by atoms with Crippen LogP contribution in [0.2, 0.25) is 0 Å². The Bertz CT molecular complexity index is 830. The normalized spacial score (nSPS) is 10.9. The van der Waals surface area contributed by atoms with E-state index in [0.717, 1.165) is 33.2 Å². The molecule has 0 aliphatic heterocycles. The van der Waals surface area contributed by atoms with Crippen LogP contribution in [0, 0.1) is 6.26 Å². The van der Waals surface area contributed by atoms with Gasteiger partial charge in [0.25, 0.3) is 0 Å². The van der Waals surface area contributed by atoms with E-state index < -0.39 is 0 Å². The molecule has 21 heavy (non-hydrogen) atoms. The first-order valence-corrected chi connectivity index (χ1v) is 7.45. The lowest BCUT2D eigenvalue weighted by atomic mass is 10.0. The van der Waals surface area contributed by atoms with Crippen molar-refractivity contribution in [2.45, 2.75) is 0 Å². The second-order valence-electron chi connectivity index (χ2n) is 4.56. The molecule has 4 rings (SSSR count). The number of nitrogens with one attached hydrogen (secondary N) is 1. The van der Waals surface area contributed by atoms with Gasteiger partial charge in [0.05, 0.1) is 11.3 Å². The Hall–Kier alpha value is -2.59. The lowest BCUT2D eigenvalue weighted by Gasteiger charge is -2.02. The standard InChI is InChI=1S/C17H11N2OS/c1-2-8-19-14(5-1)17-16(15-7-4-10-21-15)12(11-20-17)13-6-3-9-18-13/h1-10,18H. The molecule has 0 saturated carbocycles. The third-order valence-corrected chi connectivity index (χ3v) is 4.15. The quantitative estimate of drug-likeness (QED) is 0.585. The van der Waals surface area contributed by atoms with Crippen LogP contribution in [0.1, 0.15) is 0 Å². The molecule has 4 aromatic rings. The number of nitrogens with zero attached hydrogens (tertiary/aromatic N) is 1. The number of hydrogen-bond donors (Lipinski definition) is 1. The molecular formula is C17H11N2OS. The molecule has 0 aromatic carbocycles.